The first-order valence-electron chi connectivity index (χ1n) is 19.6. The van der Waals surface area contributed by atoms with Crippen molar-refractivity contribution < 1.29 is 28.9 Å². The summed E-state index contributed by atoms with van der Waals surface area (Å²) in [6.45, 7) is 17.6. The minimum Gasteiger partial charge on any atom is -0.444 e. The molecule has 0 bridgehead atoms. The highest BCUT2D eigenvalue weighted by Gasteiger charge is 2.22. The second-order valence-corrected chi connectivity index (χ2v) is 18.2. The fraction of sp³-hybridized carbons (Fsp3) is 0.289. The van der Waals surface area contributed by atoms with Gasteiger partial charge in [0.1, 0.15) is 29.5 Å². The summed E-state index contributed by atoms with van der Waals surface area (Å²) >= 11 is 0. The first-order chi connectivity index (χ1) is 29.3. The van der Waals surface area contributed by atoms with E-state index in [1.807, 2.05) is 105 Å². The predicted octanol–water partition coefficient (Wildman–Crippen LogP) is 9.78. The topological polar surface area (TPSA) is 231 Å². The number of fused-ring (bicyclic) bond motifs is 2. The lowest BCUT2D eigenvalue weighted by molar-refractivity contribution is 0.0512. The molecule has 0 aliphatic heterocycles. The van der Waals surface area contributed by atoms with Gasteiger partial charge in [0.05, 0.1) is 16.3 Å². The maximum Gasteiger partial charge on any atom is 0.407 e. The van der Waals surface area contributed by atoms with Crippen LogP contribution in [0.1, 0.15) is 70.8 Å². The van der Waals surface area contributed by atoms with Gasteiger partial charge in [-0.25, -0.2) is 53.0 Å². The van der Waals surface area contributed by atoms with E-state index in [-0.39, 0.29) is 6.32 Å². The smallest absolute Gasteiger partial charge is 0.407 e. The van der Waals surface area contributed by atoms with E-state index in [0.717, 1.165) is 55.7 Å². The molecule has 16 nitrogen and oxygen atoms in total. The SMILES string of the molecule is Cc1cc(-c2ncnc3[nH]ccc23)ccc1CNC(=O)OC(C)(C)C.Cc1ccc(S(=O)(=O)n2ccc3c(-c4ccc(CNC(=O)OC(C)(C)C)c(C)c4)ncnc32)cc1.N=N.[HH]. The van der Waals surface area contributed by atoms with E-state index in [1.165, 1.54) is 16.5 Å². The zero-order valence-electron chi connectivity index (χ0n) is 36.2. The number of rotatable bonds is 8. The number of hydrogen-bond donors (Lipinski definition) is 5. The molecule has 0 saturated carbocycles. The fourth-order valence-corrected chi connectivity index (χ4v) is 7.63. The zero-order chi connectivity index (χ0) is 45.4. The van der Waals surface area contributed by atoms with Crippen LogP contribution in [-0.4, -0.2) is 60.7 Å². The van der Waals surface area contributed by atoms with Crippen LogP contribution in [0.3, 0.4) is 0 Å². The molecule has 0 saturated heterocycles. The van der Waals surface area contributed by atoms with Crippen molar-refractivity contribution in [2.75, 3.05) is 0 Å². The van der Waals surface area contributed by atoms with Crippen molar-refractivity contribution in [3.8, 4) is 22.5 Å². The second-order valence-electron chi connectivity index (χ2n) is 16.3. The number of carbonyl (C=O) groups excluding carboxylic acids is 2. The van der Waals surface area contributed by atoms with Gasteiger partial charge in [0.2, 0.25) is 0 Å². The highest BCUT2D eigenvalue weighted by molar-refractivity contribution is 7.90. The van der Waals surface area contributed by atoms with Crippen molar-refractivity contribution >= 4 is 44.3 Å². The summed E-state index contributed by atoms with van der Waals surface area (Å²) in [6, 6.07) is 22.2. The quantitative estimate of drug-likeness (QED) is 0.0908. The Morgan fingerprint density at radius 2 is 1.19 bits per heavy atom. The second kappa shape index (κ2) is 19.1. The lowest BCUT2D eigenvalue weighted by atomic mass is 10.0. The van der Waals surface area contributed by atoms with E-state index < -0.39 is 33.4 Å². The first kappa shape index (κ1) is 46.1. The van der Waals surface area contributed by atoms with Crippen LogP contribution in [0.4, 0.5) is 9.59 Å². The normalized spacial score (nSPS) is 11.5. The Balaban J connectivity index is 0.000000275. The molecule has 17 heteroatoms. The third-order valence-electron chi connectivity index (χ3n) is 9.26. The number of benzene rings is 3. The standard InChI is InChI=1S/C26H28N4O4S.C19H22N4O2.H2N2.H2/c1-17-6-10-21(11-7-17)35(32,33)30-13-12-22-23(28-16-29-24(22)30)19-8-9-20(18(2)14-19)15-27-25(31)34-26(3,4)5;1-12-9-13(16-15-7-8-20-17(15)23-11-22-16)5-6-14(12)10-21-18(24)25-19(2,3)4;1-2;/h6-14,16H,15H2,1-5H3,(H,27,31);5-9,11H,10H2,1-4H3,(H,21,24)(H,20,22,23);1-2H;1H. The Kier molecular flexibility index (Phi) is 14.2. The molecule has 7 rings (SSSR count). The third-order valence-corrected chi connectivity index (χ3v) is 10.9. The van der Waals surface area contributed by atoms with Gasteiger partial charge in [0.25, 0.3) is 10.0 Å². The van der Waals surface area contributed by atoms with Crippen molar-refractivity contribution in [3.63, 3.8) is 0 Å². The molecule has 0 atom stereocenters. The number of aromatic amines is 1. The maximum atomic E-state index is 13.2. The molecular weight excluding hydrogens is 809 g/mol. The van der Waals surface area contributed by atoms with Crippen LogP contribution in [0, 0.1) is 31.8 Å². The van der Waals surface area contributed by atoms with Crippen LogP contribution < -0.4 is 10.6 Å². The summed E-state index contributed by atoms with van der Waals surface area (Å²) in [5.74, 6) is 0. The number of H-pyrrole nitrogens is 1. The molecule has 0 fully saturated rings. The van der Waals surface area contributed by atoms with Crippen molar-refractivity contribution in [1.29, 1.82) is 11.1 Å². The van der Waals surface area contributed by atoms with Crippen molar-refractivity contribution in [2.24, 2.45) is 0 Å². The summed E-state index contributed by atoms with van der Waals surface area (Å²) < 4.78 is 38.2. The van der Waals surface area contributed by atoms with Gasteiger partial charge in [-0.05, 0) is 121 Å². The number of nitrogens with zero attached hydrogens (tertiary/aromatic N) is 5. The van der Waals surface area contributed by atoms with Crippen LogP contribution in [0.25, 0.3) is 44.6 Å². The summed E-state index contributed by atoms with van der Waals surface area (Å²) in [7, 11) is -3.81. The molecular formula is C45H54N10O6S. The fourth-order valence-electron chi connectivity index (χ4n) is 6.32. The van der Waals surface area contributed by atoms with Crippen LogP contribution >= 0.6 is 0 Å². The molecule has 0 unspecified atom stereocenters. The molecule has 0 radical (unpaired) electrons. The van der Waals surface area contributed by atoms with E-state index in [9.17, 15) is 18.0 Å². The number of carbonyl (C=O) groups is 2. The number of amides is 2. The Hall–Kier alpha value is -7.01. The Bertz CT molecular complexity index is 2810. The molecule has 7 aromatic rings. The minimum atomic E-state index is -3.81. The van der Waals surface area contributed by atoms with Gasteiger partial charge >= 0.3 is 12.2 Å². The number of aromatic nitrogens is 6. The molecule has 4 heterocycles. The Labute approximate surface area is 362 Å². The molecule has 62 heavy (non-hydrogen) atoms. The van der Waals surface area contributed by atoms with E-state index in [2.05, 4.69) is 41.6 Å². The van der Waals surface area contributed by atoms with Crippen LogP contribution in [0.2, 0.25) is 0 Å². The average molecular weight is 863 g/mol. The van der Waals surface area contributed by atoms with Gasteiger partial charge in [0, 0.05) is 48.8 Å². The molecule has 2 amide bonds. The molecule has 0 aliphatic rings. The number of aryl methyl sites for hydroxylation is 3. The van der Waals surface area contributed by atoms with Crippen LogP contribution in [0.15, 0.2) is 103 Å². The van der Waals surface area contributed by atoms with Gasteiger partial charge < -0.3 is 25.1 Å². The van der Waals surface area contributed by atoms with E-state index in [1.54, 1.807) is 36.7 Å². The van der Waals surface area contributed by atoms with Crippen molar-refractivity contribution in [1.82, 2.24) is 39.5 Å². The van der Waals surface area contributed by atoms with Crippen LogP contribution in [-0.2, 0) is 32.6 Å². The summed E-state index contributed by atoms with van der Waals surface area (Å²) in [6.07, 6.45) is 5.39. The number of alkyl carbamates (subject to hydrolysis) is 2. The third kappa shape index (κ3) is 11.4. The highest BCUT2D eigenvalue weighted by atomic mass is 32.2. The zero-order valence-corrected chi connectivity index (χ0v) is 37.1. The summed E-state index contributed by atoms with van der Waals surface area (Å²) in [4.78, 5) is 44.4. The van der Waals surface area contributed by atoms with Gasteiger partial charge in [-0.2, -0.15) is 0 Å². The van der Waals surface area contributed by atoms with Crippen molar-refractivity contribution in [3.05, 3.63) is 126 Å². The number of nitrogens with one attached hydrogen (secondary N) is 5. The predicted molar refractivity (Wildman–Crippen MR) is 239 cm³/mol. The van der Waals surface area contributed by atoms with E-state index in [0.29, 0.717) is 29.8 Å². The monoisotopic (exact) mass is 862 g/mol. The van der Waals surface area contributed by atoms with Gasteiger partial charge in [-0.15, -0.1) is 0 Å². The van der Waals surface area contributed by atoms with Gasteiger partial charge in [0.15, 0.2) is 5.65 Å². The maximum absolute atomic E-state index is 13.2. The van der Waals surface area contributed by atoms with Gasteiger partial charge in [-0.3, -0.25) is 0 Å². The largest absolute Gasteiger partial charge is 0.444 e. The number of ether oxygens (including phenoxy) is 2. The van der Waals surface area contributed by atoms with E-state index in [4.69, 9.17) is 20.5 Å². The lowest BCUT2D eigenvalue weighted by Gasteiger charge is -2.20. The molecule has 0 spiro atoms. The average Bonchev–Trinajstić information content (AvgIpc) is 3.88. The van der Waals surface area contributed by atoms with E-state index >= 15 is 0 Å². The van der Waals surface area contributed by atoms with Gasteiger partial charge in [-0.1, -0.05) is 42.0 Å². The van der Waals surface area contributed by atoms with Crippen LogP contribution in [0.5, 0.6) is 0 Å². The molecule has 4 aromatic heterocycles. The summed E-state index contributed by atoms with van der Waals surface area (Å²) in [5, 5.41) is 7.17. The molecule has 0 aliphatic carbocycles. The Morgan fingerprint density at radius 1 is 0.694 bits per heavy atom. The number of hydrogen-bond acceptors (Lipinski definition) is 12. The minimum absolute atomic E-state index is 0. The molecule has 5 N–H and O–H groups in total. The molecule has 326 valence electrons. The van der Waals surface area contributed by atoms with Crippen molar-refractivity contribution in [2.45, 2.75) is 91.5 Å². The summed E-state index contributed by atoms with van der Waals surface area (Å²) in [5.41, 5.74) is 18.4. The lowest BCUT2D eigenvalue weighted by Crippen LogP contribution is -2.32. The first-order valence-corrected chi connectivity index (χ1v) is 21.0. The molecule has 3 aromatic carbocycles. The highest BCUT2D eigenvalue weighted by Crippen LogP contribution is 2.30. The Morgan fingerprint density at radius 3 is 1.69 bits per heavy atom.